The molecule has 0 aromatic carbocycles. The van der Waals surface area contributed by atoms with Crippen LogP contribution in [0.3, 0.4) is 0 Å². The number of esters is 1. The SMILES string of the molecule is CC1=C2[C@H]3OC(=O)[C@@H](C)[C@@H]3CC[C@@](C)(O)[C@@]2(O)C(=O)C1. The van der Waals surface area contributed by atoms with Crippen LogP contribution < -0.4 is 0 Å². The van der Waals surface area contributed by atoms with Crippen molar-refractivity contribution in [1.29, 1.82) is 0 Å². The van der Waals surface area contributed by atoms with Crippen LogP contribution in [0.25, 0.3) is 0 Å². The smallest absolute Gasteiger partial charge is 0.309 e. The van der Waals surface area contributed by atoms with Gasteiger partial charge in [-0.25, -0.2) is 0 Å². The van der Waals surface area contributed by atoms with Gasteiger partial charge < -0.3 is 14.9 Å². The van der Waals surface area contributed by atoms with E-state index < -0.39 is 23.1 Å². The van der Waals surface area contributed by atoms with E-state index in [-0.39, 0.29) is 30.6 Å². The van der Waals surface area contributed by atoms with Crippen molar-refractivity contribution in [2.24, 2.45) is 11.8 Å². The Kier molecular flexibility index (Phi) is 2.70. The number of fused-ring (bicyclic) bond motifs is 3. The molecule has 3 aliphatic rings. The van der Waals surface area contributed by atoms with Crippen LogP contribution in [0.2, 0.25) is 0 Å². The highest BCUT2D eigenvalue weighted by atomic mass is 16.6. The maximum atomic E-state index is 12.3. The molecule has 1 aliphatic heterocycles. The van der Waals surface area contributed by atoms with Crippen LogP contribution >= 0.6 is 0 Å². The van der Waals surface area contributed by atoms with E-state index in [9.17, 15) is 19.8 Å². The summed E-state index contributed by atoms with van der Waals surface area (Å²) in [6.07, 6.45) is 0.352. The monoisotopic (exact) mass is 280 g/mol. The molecule has 0 unspecified atom stereocenters. The maximum absolute atomic E-state index is 12.3. The normalized spacial score (nSPS) is 48.0. The first-order valence-corrected chi connectivity index (χ1v) is 7.09. The first kappa shape index (κ1) is 13.8. The predicted octanol–water partition coefficient (Wildman–Crippen LogP) is 0.729. The lowest BCUT2D eigenvalue weighted by molar-refractivity contribution is -0.161. The highest BCUT2D eigenvalue weighted by Gasteiger charge is 2.64. The molecule has 0 radical (unpaired) electrons. The molecule has 1 heterocycles. The van der Waals surface area contributed by atoms with Gasteiger partial charge in [-0.2, -0.15) is 0 Å². The van der Waals surface area contributed by atoms with Crippen LogP contribution in [0, 0.1) is 11.8 Å². The average Bonchev–Trinajstić information content (AvgIpc) is 2.71. The Labute approximate surface area is 117 Å². The Hall–Kier alpha value is -1.20. The van der Waals surface area contributed by atoms with Crippen LogP contribution in [0.15, 0.2) is 11.1 Å². The number of hydrogen-bond acceptors (Lipinski definition) is 5. The minimum Gasteiger partial charge on any atom is -0.457 e. The predicted molar refractivity (Wildman–Crippen MR) is 69.7 cm³/mol. The number of allylic oxidation sites excluding steroid dienone is 1. The second-order valence-electron chi connectivity index (χ2n) is 6.63. The molecule has 3 rings (SSSR count). The van der Waals surface area contributed by atoms with Gasteiger partial charge >= 0.3 is 5.97 Å². The Morgan fingerprint density at radius 1 is 1.30 bits per heavy atom. The van der Waals surface area contributed by atoms with Crippen LogP contribution in [-0.2, 0) is 14.3 Å². The molecule has 0 amide bonds. The van der Waals surface area contributed by atoms with Crippen LogP contribution in [0.4, 0.5) is 0 Å². The van der Waals surface area contributed by atoms with Crippen molar-refractivity contribution in [2.45, 2.75) is 57.3 Å². The molecule has 5 heteroatoms. The lowest BCUT2D eigenvalue weighted by Crippen LogP contribution is -2.57. The van der Waals surface area contributed by atoms with Gasteiger partial charge in [0.05, 0.1) is 5.92 Å². The number of rotatable bonds is 0. The van der Waals surface area contributed by atoms with Crippen LogP contribution in [-0.4, -0.2) is 39.3 Å². The molecule has 0 spiro atoms. The Morgan fingerprint density at radius 3 is 2.60 bits per heavy atom. The zero-order chi connectivity index (χ0) is 14.9. The maximum Gasteiger partial charge on any atom is 0.309 e. The summed E-state index contributed by atoms with van der Waals surface area (Å²) < 4.78 is 5.43. The molecule has 1 saturated carbocycles. The van der Waals surface area contributed by atoms with Crippen LogP contribution in [0.1, 0.15) is 40.0 Å². The second kappa shape index (κ2) is 3.92. The van der Waals surface area contributed by atoms with E-state index in [0.29, 0.717) is 12.0 Å². The molecule has 0 aromatic rings. The highest BCUT2D eigenvalue weighted by Crippen LogP contribution is 2.52. The van der Waals surface area contributed by atoms with Gasteiger partial charge in [-0.15, -0.1) is 0 Å². The summed E-state index contributed by atoms with van der Waals surface area (Å²) in [4.78, 5) is 24.1. The fourth-order valence-corrected chi connectivity index (χ4v) is 4.02. The number of hydrogen-bond donors (Lipinski definition) is 2. The summed E-state index contributed by atoms with van der Waals surface area (Å²) in [6.45, 7) is 5.07. The van der Waals surface area contributed by atoms with Gasteiger partial charge in [0.2, 0.25) is 0 Å². The standard InChI is InChI=1S/C15H20O5/c1-7-6-10(16)15(19)11(7)12-9(4-5-14(15,3)18)8(2)13(17)20-12/h8-9,12,18-19H,4-6H2,1-3H3/t8-,9-,12-,14+,15+/m0/s1. The van der Waals surface area contributed by atoms with Gasteiger partial charge in [0.1, 0.15) is 11.7 Å². The van der Waals surface area contributed by atoms with Gasteiger partial charge in [-0.1, -0.05) is 12.5 Å². The Bertz CT molecular complexity index is 532. The fourth-order valence-electron chi connectivity index (χ4n) is 4.02. The number of ether oxygens (including phenoxy) is 1. The molecule has 110 valence electrons. The van der Waals surface area contributed by atoms with E-state index in [4.69, 9.17) is 4.74 Å². The largest absolute Gasteiger partial charge is 0.457 e. The lowest BCUT2D eigenvalue weighted by Gasteiger charge is -2.38. The first-order valence-electron chi connectivity index (χ1n) is 7.09. The quantitative estimate of drug-likeness (QED) is 0.505. The van der Waals surface area contributed by atoms with E-state index >= 15 is 0 Å². The molecule has 2 fully saturated rings. The van der Waals surface area contributed by atoms with Crippen molar-refractivity contribution in [3.63, 3.8) is 0 Å². The molecule has 2 N–H and O–H groups in total. The Morgan fingerprint density at radius 2 is 1.95 bits per heavy atom. The number of ketones is 1. The van der Waals surface area contributed by atoms with E-state index in [0.717, 1.165) is 5.57 Å². The number of aliphatic hydroxyl groups is 2. The number of Topliss-reactive ketones (excluding diaryl/α,β-unsaturated/α-hetero) is 1. The molecule has 0 bridgehead atoms. The van der Waals surface area contributed by atoms with Crippen molar-refractivity contribution in [3.8, 4) is 0 Å². The molecule has 5 nitrogen and oxygen atoms in total. The van der Waals surface area contributed by atoms with Gasteiger partial charge in [0.25, 0.3) is 0 Å². The Balaban J connectivity index is 2.17. The zero-order valence-corrected chi connectivity index (χ0v) is 12.0. The van der Waals surface area contributed by atoms with Crippen molar-refractivity contribution < 1.29 is 24.5 Å². The third kappa shape index (κ3) is 1.45. The van der Waals surface area contributed by atoms with Gasteiger partial charge in [0.15, 0.2) is 11.4 Å². The van der Waals surface area contributed by atoms with Crippen molar-refractivity contribution in [2.75, 3.05) is 0 Å². The van der Waals surface area contributed by atoms with Gasteiger partial charge in [-0.3, -0.25) is 9.59 Å². The number of carbonyl (C=O) groups is 2. The summed E-state index contributed by atoms with van der Waals surface area (Å²) in [5.41, 5.74) is -2.29. The second-order valence-corrected chi connectivity index (χ2v) is 6.63. The topological polar surface area (TPSA) is 83.8 Å². The summed E-state index contributed by atoms with van der Waals surface area (Å²) in [5.74, 6) is -1.04. The molecule has 0 aromatic heterocycles. The molecular formula is C15H20O5. The minimum atomic E-state index is -1.92. The number of carbonyl (C=O) groups excluding carboxylic acids is 2. The zero-order valence-electron chi connectivity index (χ0n) is 12.0. The third-order valence-electron chi connectivity index (χ3n) is 5.35. The van der Waals surface area contributed by atoms with Gasteiger partial charge in [0, 0.05) is 17.9 Å². The summed E-state index contributed by atoms with van der Waals surface area (Å²) >= 11 is 0. The molecule has 1 saturated heterocycles. The van der Waals surface area contributed by atoms with Crippen molar-refractivity contribution >= 4 is 11.8 Å². The van der Waals surface area contributed by atoms with E-state index in [1.807, 2.05) is 0 Å². The average molecular weight is 280 g/mol. The van der Waals surface area contributed by atoms with Crippen molar-refractivity contribution in [3.05, 3.63) is 11.1 Å². The van der Waals surface area contributed by atoms with Crippen LogP contribution in [0.5, 0.6) is 0 Å². The molecule has 2 aliphatic carbocycles. The van der Waals surface area contributed by atoms with Gasteiger partial charge in [-0.05, 0) is 26.7 Å². The molecular weight excluding hydrogens is 260 g/mol. The summed E-state index contributed by atoms with van der Waals surface area (Å²) in [5, 5.41) is 21.6. The minimum absolute atomic E-state index is 0.0844. The highest BCUT2D eigenvalue weighted by molar-refractivity contribution is 5.98. The lowest BCUT2D eigenvalue weighted by atomic mass is 9.76. The summed E-state index contributed by atoms with van der Waals surface area (Å²) in [6, 6.07) is 0. The third-order valence-corrected chi connectivity index (χ3v) is 5.35. The fraction of sp³-hybridized carbons (Fsp3) is 0.733. The van der Waals surface area contributed by atoms with E-state index in [1.165, 1.54) is 6.92 Å². The van der Waals surface area contributed by atoms with E-state index in [1.54, 1.807) is 13.8 Å². The molecule has 5 atom stereocenters. The first-order chi connectivity index (χ1) is 9.20. The van der Waals surface area contributed by atoms with Crippen molar-refractivity contribution in [1.82, 2.24) is 0 Å². The summed E-state index contributed by atoms with van der Waals surface area (Å²) in [7, 11) is 0. The van der Waals surface area contributed by atoms with E-state index in [2.05, 4.69) is 0 Å². The molecule has 20 heavy (non-hydrogen) atoms.